The van der Waals surface area contributed by atoms with Gasteiger partial charge in [0.15, 0.2) is 5.78 Å². The third-order valence-corrected chi connectivity index (χ3v) is 3.66. The van der Waals surface area contributed by atoms with Crippen LogP contribution in [-0.2, 0) is 6.42 Å². The van der Waals surface area contributed by atoms with Crippen LogP contribution >= 0.6 is 0 Å². The topological polar surface area (TPSA) is 46.5 Å². The van der Waals surface area contributed by atoms with Gasteiger partial charge in [-0.3, -0.25) is 4.79 Å². The largest absolute Gasteiger partial charge is 0.507 e. The fourth-order valence-corrected chi connectivity index (χ4v) is 2.36. The smallest absolute Gasteiger partial charge is 0.163 e. The summed E-state index contributed by atoms with van der Waals surface area (Å²) in [5, 5.41) is 10.4. The van der Waals surface area contributed by atoms with E-state index < -0.39 is 0 Å². The SMILES string of the molecule is CCOc1ccc(C(C)=O)c(O)c1CC=C(C)CCC=C(C)C. The van der Waals surface area contributed by atoms with Gasteiger partial charge in [0, 0.05) is 5.56 Å². The molecule has 3 heteroatoms. The number of Topliss-reactive ketones (excluding diaryl/α,β-unsaturated/α-hetero) is 1. The van der Waals surface area contributed by atoms with E-state index in [9.17, 15) is 9.90 Å². The molecule has 0 unspecified atom stereocenters. The van der Waals surface area contributed by atoms with Crippen molar-refractivity contribution < 1.29 is 14.6 Å². The Balaban J connectivity index is 2.98. The molecule has 0 aliphatic heterocycles. The van der Waals surface area contributed by atoms with Crippen molar-refractivity contribution in [2.75, 3.05) is 6.61 Å². The number of carbonyl (C=O) groups excluding carboxylic acids is 1. The maximum absolute atomic E-state index is 11.6. The van der Waals surface area contributed by atoms with Crippen LogP contribution in [0.2, 0.25) is 0 Å². The molecule has 1 aromatic carbocycles. The minimum Gasteiger partial charge on any atom is -0.507 e. The van der Waals surface area contributed by atoms with Crippen molar-refractivity contribution in [1.29, 1.82) is 0 Å². The molecule has 0 radical (unpaired) electrons. The lowest BCUT2D eigenvalue weighted by molar-refractivity contribution is 0.101. The minimum atomic E-state index is -0.143. The number of aromatic hydroxyl groups is 1. The Hall–Kier alpha value is -2.03. The Morgan fingerprint density at radius 2 is 1.87 bits per heavy atom. The highest BCUT2D eigenvalue weighted by atomic mass is 16.5. The number of carbonyl (C=O) groups is 1. The van der Waals surface area contributed by atoms with Gasteiger partial charge in [-0.15, -0.1) is 0 Å². The number of hydrogen-bond acceptors (Lipinski definition) is 3. The predicted molar refractivity (Wildman–Crippen MR) is 95.4 cm³/mol. The second kappa shape index (κ2) is 9.19. The first-order chi connectivity index (χ1) is 10.9. The van der Waals surface area contributed by atoms with Gasteiger partial charge in [-0.05, 0) is 66.0 Å². The predicted octanol–water partition coefficient (Wildman–Crippen LogP) is 5.23. The summed E-state index contributed by atoms with van der Waals surface area (Å²) < 4.78 is 5.59. The van der Waals surface area contributed by atoms with Crippen LogP contribution in [0, 0.1) is 0 Å². The molecule has 126 valence electrons. The van der Waals surface area contributed by atoms with E-state index in [0.717, 1.165) is 12.8 Å². The third-order valence-electron chi connectivity index (χ3n) is 3.66. The monoisotopic (exact) mass is 316 g/mol. The second-order valence-corrected chi connectivity index (χ2v) is 6.00. The van der Waals surface area contributed by atoms with Crippen LogP contribution in [0.3, 0.4) is 0 Å². The van der Waals surface area contributed by atoms with Gasteiger partial charge in [0.2, 0.25) is 0 Å². The summed E-state index contributed by atoms with van der Waals surface area (Å²) in [4.78, 5) is 11.6. The molecule has 0 bridgehead atoms. The maximum atomic E-state index is 11.6. The molecule has 3 nitrogen and oxygen atoms in total. The maximum Gasteiger partial charge on any atom is 0.163 e. The molecule has 0 aromatic heterocycles. The zero-order chi connectivity index (χ0) is 17.4. The van der Waals surface area contributed by atoms with E-state index in [-0.39, 0.29) is 11.5 Å². The molecule has 1 rings (SSSR count). The van der Waals surface area contributed by atoms with Gasteiger partial charge in [-0.25, -0.2) is 0 Å². The molecule has 0 spiro atoms. The fourth-order valence-electron chi connectivity index (χ4n) is 2.36. The van der Waals surface area contributed by atoms with E-state index in [1.54, 1.807) is 12.1 Å². The average Bonchev–Trinajstić information content (AvgIpc) is 2.46. The van der Waals surface area contributed by atoms with Crippen molar-refractivity contribution in [3.05, 3.63) is 46.6 Å². The highest BCUT2D eigenvalue weighted by molar-refractivity contribution is 5.97. The Bertz CT molecular complexity index is 606. The standard InChI is InChI=1S/C20H28O3/c1-6-23-19-13-12-17(16(5)21)20(22)18(19)11-10-15(4)9-7-8-14(2)3/h8,10,12-13,22H,6-7,9,11H2,1-5H3. The number of ketones is 1. The number of ether oxygens (including phenoxy) is 1. The van der Waals surface area contributed by atoms with Gasteiger partial charge < -0.3 is 9.84 Å². The average molecular weight is 316 g/mol. The fraction of sp³-hybridized carbons (Fsp3) is 0.450. The van der Waals surface area contributed by atoms with Crippen molar-refractivity contribution in [2.24, 2.45) is 0 Å². The number of hydrogen-bond donors (Lipinski definition) is 1. The van der Waals surface area contributed by atoms with Crippen LogP contribution in [-0.4, -0.2) is 17.5 Å². The first-order valence-corrected chi connectivity index (χ1v) is 8.14. The summed E-state index contributed by atoms with van der Waals surface area (Å²) in [7, 11) is 0. The molecule has 0 saturated heterocycles. The van der Waals surface area contributed by atoms with Gasteiger partial charge in [0.05, 0.1) is 12.2 Å². The Morgan fingerprint density at radius 3 is 2.43 bits per heavy atom. The first kappa shape index (κ1) is 19.0. The van der Waals surface area contributed by atoms with Crippen molar-refractivity contribution in [3.8, 4) is 11.5 Å². The molecule has 0 aliphatic rings. The Labute approximate surface area is 139 Å². The normalized spacial score (nSPS) is 11.3. The van der Waals surface area contributed by atoms with Crippen molar-refractivity contribution >= 4 is 5.78 Å². The van der Waals surface area contributed by atoms with E-state index in [0.29, 0.717) is 29.9 Å². The zero-order valence-electron chi connectivity index (χ0n) is 14.9. The summed E-state index contributed by atoms with van der Waals surface area (Å²) in [5.41, 5.74) is 3.61. The minimum absolute atomic E-state index is 0.0387. The summed E-state index contributed by atoms with van der Waals surface area (Å²) in [5.74, 6) is 0.538. The summed E-state index contributed by atoms with van der Waals surface area (Å²) >= 11 is 0. The van der Waals surface area contributed by atoms with Crippen LogP contribution in [0.25, 0.3) is 0 Å². The highest BCUT2D eigenvalue weighted by Gasteiger charge is 2.15. The van der Waals surface area contributed by atoms with Gasteiger partial charge >= 0.3 is 0 Å². The van der Waals surface area contributed by atoms with Crippen LogP contribution in [0.15, 0.2) is 35.4 Å². The molecule has 0 fully saturated rings. The van der Waals surface area contributed by atoms with E-state index in [2.05, 4.69) is 32.9 Å². The number of phenolic OH excluding ortho intramolecular Hbond substituents is 1. The second-order valence-electron chi connectivity index (χ2n) is 6.00. The molecule has 0 amide bonds. The van der Waals surface area contributed by atoms with Crippen LogP contribution < -0.4 is 4.74 Å². The molecular formula is C20H28O3. The molecule has 0 heterocycles. The highest BCUT2D eigenvalue weighted by Crippen LogP contribution is 2.33. The van der Waals surface area contributed by atoms with E-state index in [1.165, 1.54) is 18.1 Å². The molecular weight excluding hydrogens is 288 g/mol. The van der Waals surface area contributed by atoms with Crippen LogP contribution in [0.4, 0.5) is 0 Å². The number of rotatable bonds is 8. The van der Waals surface area contributed by atoms with Crippen molar-refractivity contribution in [1.82, 2.24) is 0 Å². The van der Waals surface area contributed by atoms with E-state index in [1.807, 2.05) is 6.92 Å². The lowest BCUT2D eigenvalue weighted by Crippen LogP contribution is -2.01. The van der Waals surface area contributed by atoms with Crippen LogP contribution in [0.5, 0.6) is 11.5 Å². The van der Waals surface area contributed by atoms with E-state index in [4.69, 9.17) is 4.74 Å². The summed E-state index contributed by atoms with van der Waals surface area (Å²) in [6, 6.07) is 3.39. The van der Waals surface area contributed by atoms with Gasteiger partial charge in [0.1, 0.15) is 11.5 Å². The number of benzene rings is 1. The van der Waals surface area contributed by atoms with Crippen LogP contribution in [0.1, 0.15) is 63.4 Å². The zero-order valence-corrected chi connectivity index (χ0v) is 14.9. The van der Waals surface area contributed by atoms with Crippen molar-refractivity contribution in [3.63, 3.8) is 0 Å². The number of allylic oxidation sites excluding steroid dienone is 4. The van der Waals surface area contributed by atoms with Gasteiger partial charge in [-0.2, -0.15) is 0 Å². The van der Waals surface area contributed by atoms with Gasteiger partial charge in [0.25, 0.3) is 0 Å². The summed E-state index contributed by atoms with van der Waals surface area (Å²) in [6.45, 7) is 10.2. The van der Waals surface area contributed by atoms with Gasteiger partial charge in [-0.1, -0.05) is 23.3 Å². The molecule has 1 aromatic rings. The summed E-state index contributed by atoms with van der Waals surface area (Å²) in [6.07, 6.45) is 6.88. The molecule has 23 heavy (non-hydrogen) atoms. The Morgan fingerprint density at radius 1 is 1.17 bits per heavy atom. The van der Waals surface area contributed by atoms with E-state index >= 15 is 0 Å². The lowest BCUT2D eigenvalue weighted by atomic mass is 10.0. The molecule has 0 saturated carbocycles. The first-order valence-electron chi connectivity index (χ1n) is 8.14. The lowest BCUT2D eigenvalue weighted by Gasteiger charge is -2.13. The van der Waals surface area contributed by atoms with Crippen molar-refractivity contribution in [2.45, 2.75) is 53.9 Å². The Kier molecular flexibility index (Phi) is 7.60. The molecule has 0 aliphatic carbocycles. The third kappa shape index (κ3) is 5.93. The number of phenols is 1. The molecule has 0 atom stereocenters. The quantitative estimate of drug-likeness (QED) is 0.527. The molecule has 1 N–H and O–H groups in total.